The smallest absolute Gasteiger partial charge is 0.331 e. The molecule has 0 atom stereocenters. The van der Waals surface area contributed by atoms with Gasteiger partial charge in [-0.1, -0.05) is 32.5 Å². The lowest BCUT2D eigenvalue weighted by Gasteiger charge is -2.35. The second-order valence-electron chi connectivity index (χ2n) is 5.98. The first kappa shape index (κ1) is 20.2. The molecule has 1 N–H and O–H groups in total. The summed E-state index contributed by atoms with van der Waals surface area (Å²) in [5.41, 5.74) is 2.34. The molecule has 1 aliphatic rings. The van der Waals surface area contributed by atoms with Crippen LogP contribution in [0, 0.1) is 6.92 Å². The van der Waals surface area contributed by atoms with Gasteiger partial charge < -0.3 is 14.8 Å². The molecule has 5 heteroatoms. The Bertz CT molecular complexity index is 577. The number of carbonyl (C=O) groups excluding carboxylic acids is 2. The summed E-state index contributed by atoms with van der Waals surface area (Å²) in [4.78, 5) is 24.7. The van der Waals surface area contributed by atoms with Gasteiger partial charge in [0.05, 0.1) is 13.5 Å². The summed E-state index contributed by atoms with van der Waals surface area (Å²) in [5, 5.41) is 2.92. The van der Waals surface area contributed by atoms with Crippen LogP contribution in [-0.4, -0.2) is 37.7 Å². The fourth-order valence-corrected chi connectivity index (χ4v) is 3.11. The zero-order valence-corrected chi connectivity index (χ0v) is 14.1. The maximum Gasteiger partial charge on any atom is 0.331 e. The molecule has 0 unspecified atom stereocenters. The highest BCUT2D eigenvalue weighted by atomic mass is 16.5. The van der Waals surface area contributed by atoms with Gasteiger partial charge in [-0.05, 0) is 30.0 Å². The third-order valence-corrected chi connectivity index (χ3v) is 4.53. The molecule has 1 saturated heterocycles. The Morgan fingerprint density at radius 1 is 1.29 bits per heavy atom. The van der Waals surface area contributed by atoms with Gasteiger partial charge in [-0.25, -0.2) is 4.79 Å². The number of esters is 1. The lowest BCUT2D eigenvalue weighted by atomic mass is 9.89. The van der Waals surface area contributed by atoms with E-state index in [0.29, 0.717) is 26.1 Å². The fraction of sp³-hybridized carbons (Fsp3) is 0.579. The van der Waals surface area contributed by atoms with Gasteiger partial charge in [-0.2, -0.15) is 0 Å². The van der Waals surface area contributed by atoms with Crippen molar-refractivity contribution in [1.29, 1.82) is 0 Å². The van der Waals surface area contributed by atoms with Crippen LogP contribution in [0.1, 0.15) is 43.9 Å². The zero-order chi connectivity index (χ0) is 16.9. The Hall–Kier alpha value is -1.88. The van der Waals surface area contributed by atoms with Crippen LogP contribution < -0.4 is 5.32 Å². The van der Waals surface area contributed by atoms with Crippen LogP contribution in [0.5, 0.6) is 0 Å². The van der Waals surface area contributed by atoms with E-state index in [9.17, 15) is 9.59 Å². The average molecular weight is 335 g/mol. The van der Waals surface area contributed by atoms with E-state index >= 15 is 0 Å². The standard InChI is InChI=1S/C18H25NO4.CH4/c1-4-14-7-5-6-13(2)15(14)12-16(20)19-18(17(21)22-3)8-10-23-11-9-18;/h5-7H,4,8-12H2,1-3H3,(H,19,20);1H4. The van der Waals surface area contributed by atoms with Crippen LogP contribution in [0.3, 0.4) is 0 Å². The minimum absolute atomic E-state index is 0. The summed E-state index contributed by atoms with van der Waals surface area (Å²) in [5.74, 6) is -0.545. The van der Waals surface area contributed by atoms with Gasteiger partial charge in [0, 0.05) is 26.1 Å². The highest BCUT2D eigenvalue weighted by Crippen LogP contribution is 2.23. The predicted molar refractivity (Wildman–Crippen MR) is 93.9 cm³/mol. The second kappa shape index (κ2) is 8.83. The number of rotatable bonds is 5. The molecule has 0 aromatic heterocycles. The van der Waals surface area contributed by atoms with E-state index in [1.54, 1.807) is 0 Å². The molecule has 1 heterocycles. The van der Waals surface area contributed by atoms with Crippen LogP contribution >= 0.6 is 0 Å². The number of nitrogens with one attached hydrogen (secondary N) is 1. The minimum atomic E-state index is -0.959. The summed E-state index contributed by atoms with van der Waals surface area (Å²) in [6.45, 7) is 4.97. The zero-order valence-electron chi connectivity index (χ0n) is 14.1. The Kier molecular flexibility index (Phi) is 7.42. The molecular formula is C19H29NO4. The van der Waals surface area contributed by atoms with E-state index in [2.05, 4.69) is 12.2 Å². The number of carbonyl (C=O) groups is 2. The van der Waals surface area contributed by atoms with Crippen molar-refractivity contribution in [3.05, 3.63) is 34.9 Å². The largest absolute Gasteiger partial charge is 0.467 e. The lowest BCUT2D eigenvalue weighted by Crippen LogP contribution is -2.58. The molecule has 2 rings (SSSR count). The van der Waals surface area contributed by atoms with E-state index in [4.69, 9.17) is 9.47 Å². The maximum absolute atomic E-state index is 12.6. The van der Waals surface area contributed by atoms with Gasteiger partial charge in [0.2, 0.25) is 5.91 Å². The van der Waals surface area contributed by atoms with Crippen molar-refractivity contribution in [2.24, 2.45) is 0 Å². The molecular weight excluding hydrogens is 306 g/mol. The van der Waals surface area contributed by atoms with Gasteiger partial charge in [-0.15, -0.1) is 0 Å². The molecule has 1 aromatic carbocycles. The summed E-state index contributed by atoms with van der Waals surface area (Å²) < 4.78 is 10.2. The Labute approximate surface area is 144 Å². The van der Waals surface area contributed by atoms with Crippen molar-refractivity contribution < 1.29 is 19.1 Å². The van der Waals surface area contributed by atoms with Gasteiger partial charge in [0.1, 0.15) is 5.54 Å². The van der Waals surface area contributed by atoms with Crippen molar-refractivity contribution in [2.45, 2.75) is 52.5 Å². The third kappa shape index (κ3) is 4.35. The van der Waals surface area contributed by atoms with E-state index in [1.807, 2.05) is 25.1 Å². The highest BCUT2D eigenvalue weighted by molar-refractivity contribution is 5.89. The average Bonchev–Trinajstić information content (AvgIpc) is 2.56. The number of hydrogen-bond acceptors (Lipinski definition) is 4. The van der Waals surface area contributed by atoms with Gasteiger partial charge >= 0.3 is 5.97 Å². The van der Waals surface area contributed by atoms with E-state index < -0.39 is 11.5 Å². The van der Waals surface area contributed by atoms with Crippen molar-refractivity contribution in [3.63, 3.8) is 0 Å². The molecule has 1 amide bonds. The molecule has 0 aliphatic carbocycles. The number of aryl methyl sites for hydroxylation is 2. The highest BCUT2D eigenvalue weighted by Gasteiger charge is 2.42. The topological polar surface area (TPSA) is 64.6 Å². The molecule has 1 aromatic rings. The van der Waals surface area contributed by atoms with Gasteiger partial charge in [0.25, 0.3) is 0 Å². The van der Waals surface area contributed by atoms with Crippen molar-refractivity contribution in [1.82, 2.24) is 5.32 Å². The first-order valence-corrected chi connectivity index (χ1v) is 8.07. The molecule has 1 fully saturated rings. The Morgan fingerprint density at radius 2 is 1.96 bits per heavy atom. The number of amides is 1. The lowest BCUT2D eigenvalue weighted by molar-refractivity contribution is -0.155. The van der Waals surface area contributed by atoms with Crippen LogP contribution in [-0.2, 0) is 31.9 Å². The van der Waals surface area contributed by atoms with Crippen molar-refractivity contribution in [2.75, 3.05) is 20.3 Å². The summed E-state index contributed by atoms with van der Waals surface area (Å²) in [6.07, 6.45) is 2.04. The third-order valence-electron chi connectivity index (χ3n) is 4.53. The number of ether oxygens (including phenoxy) is 2. The molecule has 0 spiro atoms. The molecule has 5 nitrogen and oxygen atoms in total. The molecule has 0 radical (unpaired) electrons. The molecule has 24 heavy (non-hydrogen) atoms. The first-order chi connectivity index (χ1) is 11.0. The predicted octanol–water partition coefficient (Wildman–Crippen LogP) is 2.57. The quantitative estimate of drug-likeness (QED) is 0.840. The van der Waals surface area contributed by atoms with E-state index in [0.717, 1.165) is 17.5 Å². The van der Waals surface area contributed by atoms with E-state index in [-0.39, 0.29) is 19.8 Å². The summed E-state index contributed by atoms with van der Waals surface area (Å²) in [7, 11) is 1.35. The SMILES string of the molecule is C.CCc1cccc(C)c1CC(=O)NC1(C(=O)OC)CCOCC1. The van der Waals surface area contributed by atoms with Gasteiger partial charge in [-0.3, -0.25) is 4.79 Å². The van der Waals surface area contributed by atoms with Crippen LogP contribution in [0.15, 0.2) is 18.2 Å². The van der Waals surface area contributed by atoms with Crippen molar-refractivity contribution >= 4 is 11.9 Å². The number of benzene rings is 1. The van der Waals surface area contributed by atoms with Crippen LogP contribution in [0.4, 0.5) is 0 Å². The van der Waals surface area contributed by atoms with E-state index in [1.165, 1.54) is 12.7 Å². The second-order valence-corrected chi connectivity index (χ2v) is 5.98. The number of hydrogen-bond donors (Lipinski definition) is 1. The molecule has 0 bridgehead atoms. The van der Waals surface area contributed by atoms with Crippen LogP contribution in [0.25, 0.3) is 0 Å². The normalized spacial score (nSPS) is 16.0. The Balaban J connectivity index is 0.00000288. The molecule has 0 saturated carbocycles. The fourth-order valence-electron chi connectivity index (χ4n) is 3.11. The number of methoxy groups -OCH3 is 1. The van der Waals surface area contributed by atoms with Crippen LogP contribution in [0.2, 0.25) is 0 Å². The first-order valence-electron chi connectivity index (χ1n) is 8.07. The minimum Gasteiger partial charge on any atom is -0.467 e. The maximum atomic E-state index is 12.6. The summed E-state index contributed by atoms with van der Waals surface area (Å²) in [6, 6.07) is 6.05. The molecule has 134 valence electrons. The Morgan fingerprint density at radius 3 is 2.54 bits per heavy atom. The van der Waals surface area contributed by atoms with Crippen molar-refractivity contribution in [3.8, 4) is 0 Å². The van der Waals surface area contributed by atoms with Gasteiger partial charge in [0.15, 0.2) is 0 Å². The summed E-state index contributed by atoms with van der Waals surface area (Å²) >= 11 is 0. The molecule has 1 aliphatic heterocycles. The monoisotopic (exact) mass is 335 g/mol.